The standard InChI is InChI=1S/C14H21NO4/c1-5-15(10-14(16)19-4)9-11-8-12(17-2)6-7-13(11)18-3/h6-8H,5,9-10H2,1-4H3. The van der Waals surface area contributed by atoms with Crippen LogP contribution in [0.15, 0.2) is 18.2 Å². The zero-order chi connectivity index (χ0) is 14.3. The molecule has 1 rings (SSSR count). The van der Waals surface area contributed by atoms with Crippen LogP contribution >= 0.6 is 0 Å². The van der Waals surface area contributed by atoms with Crippen molar-refractivity contribution < 1.29 is 19.0 Å². The number of nitrogens with zero attached hydrogens (tertiary/aromatic N) is 1. The summed E-state index contributed by atoms with van der Waals surface area (Å²) in [7, 11) is 4.64. The molecule has 0 heterocycles. The summed E-state index contributed by atoms with van der Waals surface area (Å²) in [4.78, 5) is 13.3. The number of hydrogen-bond donors (Lipinski definition) is 0. The van der Waals surface area contributed by atoms with E-state index < -0.39 is 0 Å². The molecule has 1 aromatic carbocycles. The maximum absolute atomic E-state index is 11.3. The van der Waals surface area contributed by atoms with Gasteiger partial charge in [-0.25, -0.2) is 0 Å². The molecule has 0 saturated heterocycles. The number of carbonyl (C=O) groups is 1. The Hall–Kier alpha value is -1.75. The van der Waals surface area contributed by atoms with Crippen molar-refractivity contribution in [3.8, 4) is 11.5 Å². The van der Waals surface area contributed by atoms with Crippen molar-refractivity contribution in [2.75, 3.05) is 34.4 Å². The third-order valence-electron chi connectivity index (χ3n) is 2.91. The van der Waals surface area contributed by atoms with Crippen LogP contribution in [0.4, 0.5) is 0 Å². The molecule has 19 heavy (non-hydrogen) atoms. The Labute approximate surface area is 114 Å². The quantitative estimate of drug-likeness (QED) is 0.704. The zero-order valence-corrected chi connectivity index (χ0v) is 11.9. The van der Waals surface area contributed by atoms with Gasteiger partial charge >= 0.3 is 5.97 Å². The van der Waals surface area contributed by atoms with Crippen LogP contribution < -0.4 is 9.47 Å². The number of hydrogen-bond acceptors (Lipinski definition) is 5. The normalized spacial score (nSPS) is 10.4. The summed E-state index contributed by atoms with van der Waals surface area (Å²) in [5.41, 5.74) is 0.979. The van der Waals surface area contributed by atoms with Gasteiger partial charge in [0.2, 0.25) is 0 Å². The highest BCUT2D eigenvalue weighted by Crippen LogP contribution is 2.25. The van der Waals surface area contributed by atoms with E-state index in [0.717, 1.165) is 23.6 Å². The average molecular weight is 267 g/mol. The van der Waals surface area contributed by atoms with Crippen LogP contribution in [0.25, 0.3) is 0 Å². The van der Waals surface area contributed by atoms with E-state index in [1.807, 2.05) is 30.0 Å². The number of benzene rings is 1. The molecule has 0 saturated carbocycles. The Kier molecular flexibility index (Phi) is 6.15. The molecule has 0 bridgehead atoms. The van der Waals surface area contributed by atoms with Crippen molar-refractivity contribution in [2.24, 2.45) is 0 Å². The average Bonchev–Trinajstić information content (AvgIpc) is 2.45. The molecule has 0 N–H and O–H groups in total. The fraction of sp³-hybridized carbons (Fsp3) is 0.500. The minimum Gasteiger partial charge on any atom is -0.497 e. The molecule has 5 heteroatoms. The topological polar surface area (TPSA) is 48.0 Å². The number of carbonyl (C=O) groups excluding carboxylic acids is 1. The van der Waals surface area contributed by atoms with Gasteiger partial charge in [0, 0.05) is 12.1 Å². The number of methoxy groups -OCH3 is 3. The van der Waals surface area contributed by atoms with Crippen LogP contribution in [0.2, 0.25) is 0 Å². The van der Waals surface area contributed by atoms with Crippen molar-refractivity contribution in [2.45, 2.75) is 13.5 Å². The number of rotatable bonds is 7. The van der Waals surface area contributed by atoms with Crippen molar-refractivity contribution in [3.05, 3.63) is 23.8 Å². The third-order valence-corrected chi connectivity index (χ3v) is 2.91. The molecular formula is C14H21NO4. The van der Waals surface area contributed by atoms with E-state index in [-0.39, 0.29) is 12.5 Å². The lowest BCUT2D eigenvalue weighted by atomic mass is 10.1. The zero-order valence-electron chi connectivity index (χ0n) is 11.9. The Morgan fingerprint density at radius 1 is 1.21 bits per heavy atom. The van der Waals surface area contributed by atoms with E-state index in [1.54, 1.807) is 14.2 Å². The van der Waals surface area contributed by atoms with Gasteiger partial charge in [0.05, 0.1) is 27.9 Å². The van der Waals surface area contributed by atoms with Gasteiger partial charge in [0.25, 0.3) is 0 Å². The van der Waals surface area contributed by atoms with Crippen molar-refractivity contribution in [3.63, 3.8) is 0 Å². The molecule has 0 radical (unpaired) electrons. The molecule has 5 nitrogen and oxygen atoms in total. The first-order valence-electron chi connectivity index (χ1n) is 6.14. The van der Waals surface area contributed by atoms with Crippen LogP contribution in [0.5, 0.6) is 11.5 Å². The molecular weight excluding hydrogens is 246 g/mol. The smallest absolute Gasteiger partial charge is 0.319 e. The molecule has 0 spiro atoms. The van der Waals surface area contributed by atoms with Crippen molar-refractivity contribution in [1.29, 1.82) is 0 Å². The minimum atomic E-state index is -0.247. The minimum absolute atomic E-state index is 0.247. The van der Waals surface area contributed by atoms with Crippen molar-refractivity contribution >= 4 is 5.97 Å². The van der Waals surface area contributed by atoms with Gasteiger partial charge in [-0.05, 0) is 24.7 Å². The lowest BCUT2D eigenvalue weighted by Gasteiger charge is -2.20. The Morgan fingerprint density at radius 3 is 2.47 bits per heavy atom. The maximum atomic E-state index is 11.3. The van der Waals surface area contributed by atoms with Gasteiger partial charge in [-0.3, -0.25) is 9.69 Å². The predicted molar refractivity (Wildman–Crippen MR) is 72.5 cm³/mol. The SMILES string of the molecule is CCN(CC(=O)OC)Cc1cc(OC)ccc1OC. The molecule has 106 valence electrons. The fourth-order valence-electron chi connectivity index (χ4n) is 1.77. The maximum Gasteiger partial charge on any atom is 0.319 e. The van der Waals surface area contributed by atoms with E-state index in [4.69, 9.17) is 9.47 Å². The lowest BCUT2D eigenvalue weighted by Crippen LogP contribution is -2.30. The fourth-order valence-corrected chi connectivity index (χ4v) is 1.77. The largest absolute Gasteiger partial charge is 0.497 e. The Bertz CT molecular complexity index is 420. The summed E-state index contributed by atoms with van der Waals surface area (Å²) in [6, 6.07) is 5.62. The van der Waals surface area contributed by atoms with Gasteiger partial charge in [0.15, 0.2) is 0 Å². The molecule has 0 aliphatic rings. The Morgan fingerprint density at radius 2 is 1.95 bits per heavy atom. The monoisotopic (exact) mass is 267 g/mol. The first kappa shape index (κ1) is 15.3. The van der Waals surface area contributed by atoms with E-state index >= 15 is 0 Å². The first-order valence-corrected chi connectivity index (χ1v) is 6.14. The second-order valence-electron chi connectivity index (χ2n) is 4.06. The predicted octanol–water partition coefficient (Wildman–Crippen LogP) is 1.70. The molecule has 0 aliphatic carbocycles. The molecule has 1 aromatic rings. The highest BCUT2D eigenvalue weighted by Gasteiger charge is 2.13. The summed E-state index contributed by atoms with van der Waals surface area (Å²) < 4.78 is 15.2. The van der Waals surface area contributed by atoms with E-state index in [9.17, 15) is 4.79 Å². The first-order chi connectivity index (χ1) is 9.14. The van der Waals surface area contributed by atoms with Gasteiger partial charge in [-0.15, -0.1) is 0 Å². The van der Waals surface area contributed by atoms with Crippen molar-refractivity contribution in [1.82, 2.24) is 4.90 Å². The van der Waals surface area contributed by atoms with Gasteiger partial charge in [-0.2, -0.15) is 0 Å². The molecule has 0 aliphatic heterocycles. The molecule has 0 fully saturated rings. The summed E-state index contributed by atoms with van der Waals surface area (Å²) >= 11 is 0. The van der Waals surface area contributed by atoms with Crippen LogP contribution in [0.3, 0.4) is 0 Å². The summed E-state index contributed by atoms with van der Waals surface area (Å²) in [5, 5.41) is 0. The number of esters is 1. The highest BCUT2D eigenvalue weighted by atomic mass is 16.5. The van der Waals surface area contributed by atoms with E-state index in [0.29, 0.717) is 6.54 Å². The summed E-state index contributed by atoms with van der Waals surface area (Å²) in [6.07, 6.45) is 0. The molecule has 0 amide bonds. The second-order valence-corrected chi connectivity index (χ2v) is 4.06. The van der Waals surface area contributed by atoms with Crippen LogP contribution in [-0.2, 0) is 16.1 Å². The molecule has 0 unspecified atom stereocenters. The second kappa shape index (κ2) is 7.63. The number of likely N-dealkylation sites (N-methyl/N-ethyl adjacent to an activating group) is 1. The molecule has 0 atom stereocenters. The van der Waals surface area contributed by atoms with E-state index in [1.165, 1.54) is 7.11 Å². The molecule has 0 aromatic heterocycles. The lowest BCUT2D eigenvalue weighted by molar-refractivity contribution is -0.142. The third kappa shape index (κ3) is 4.44. The Balaban J connectivity index is 2.85. The summed E-state index contributed by atoms with van der Waals surface area (Å²) in [6.45, 7) is 3.60. The van der Waals surface area contributed by atoms with Gasteiger partial charge in [0.1, 0.15) is 11.5 Å². The van der Waals surface area contributed by atoms with Gasteiger partial charge in [-0.1, -0.05) is 6.92 Å². The van der Waals surface area contributed by atoms with Gasteiger partial charge < -0.3 is 14.2 Å². The van der Waals surface area contributed by atoms with Crippen LogP contribution in [-0.4, -0.2) is 45.3 Å². The van der Waals surface area contributed by atoms with Crippen LogP contribution in [0.1, 0.15) is 12.5 Å². The summed E-state index contributed by atoms with van der Waals surface area (Å²) in [5.74, 6) is 1.30. The number of ether oxygens (including phenoxy) is 3. The highest BCUT2D eigenvalue weighted by molar-refractivity contribution is 5.71. The van der Waals surface area contributed by atoms with E-state index in [2.05, 4.69) is 4.74 Å². The van der Waals surface area contributed by atoms with Crippen LogP contribution in [0, 0.1) is 0 Å².